The first-order valence-electron chi connectivity index (χ1n) is 5.84. The molecule has 1 aromatic heterocycles. The van der Waals surface area contributed by atoms with Gasteiger partial charge in [-0.1, -0.05) is 11.6 Å². The summed E-state index contributed by atoms with van der Waals surface area (Å²) in [7, 11) is 0. The van der Waals surface area contributed by atoms with Gasteiger partial charge in [0.15, 0.2) is 0 Å². The van der Waals surface area contributed by atoms with E-state index in [1.807, 2.05) is 11.8 Å². The maximum absolute atomic E-state index is 11.0. The average Bonchev–Trinajstić information content (AvgIpc) is 2.53. The molecule has 5 nitrogen and oxygen atoms in total. The van der Waals surface area contributed by atoms with Crippen molar-refractivity contribution in [1.29, 1.82) is 0 Å². The van der Waals surface area contributed by atoms with Crippen LogP contribution in [0.3, 0.4) is 0 Å². The molecule has 1 aromatic rings. The van der Waals surface area contributed by atoms with E-state index < -0.39 is 5.97 Å². The molecule has 2 heterocycles. The third-order valence-corrected chi connectivity index (χ3v) is 3.23. The molecule has 0 spiro atoms. The Kier molecular flexibility index (Phi) is 4.04. The Bertz CT molecular complexity index is 453. The van der Waals surface area contributed by atoms with Crippen LogP contribution in [0.1, 0.15) is 23.7 Å². The van der Waals surface area contributed by atoms with E-state index >= 15 is 0 Å². The summed E-state index contributed by atoms with van der Waals surface area (Å²) in [6.45, 7) is 4.11. The first-order valence-corrected chi connectivity index (χ1v) is 6.21. The standard InChI is InChI=1S/C12H15ClN2O3/c1-8-7-15(5-2-6-18-8)11-10(13)9(12(16)17)3-4-14-11/h3-4,8H,2,5-7H2,1H3,(H,16,17). The number of aromatic nitrogens is 1. The van der Waals surface area contributed by atoms with Gasteiger partial charge in [-0.25, -0.2) is 9.78 Å². The van der Waals surface area contributed by atoms with E-state index in [9.17, 15) is 4.79 Å². The molecule has 6 heteroatoms. The van der Waals surface area contributed by atoms with E-state index in [1.165, 1.54) is 12.3 Å². The fourth-order valence-electron chi connectivity index (χ4n) is 2.00. The molecule has 0 aromatic carbocycles. The van der Waals surface area contributed by atoms with E-state index in [-0.39, 0.29) is 16.7 Å². The number of ether oxygens (including phenoxy) is 1. The zero-order valence-corrected chi connectivity index (χ0v) is 10.9. The van der Waals surface area contributed by atoms with Gasteiger partial charge in [0.25, 0.3) is 0 Å². The molecular formula is C12H15ClN2O3. The number of anilines is 1. The van der Waals surface area contributed by atoms with Crippen molar-refractivity contribution in [3.05, 3.63) is 22.8 Å². The molecular weight excluding hydrogens is 256 g/mol. The SMILES string of the molecule is CC1CN(c2nccc(C(=O)O)c2Cl)CCCO1. The predicted molar refractivity (Wildman–Crippen MR) is 68.5 cm³/mol. The highest BCUT2D eigenvalue weighted by molar-refractivity contribution is 6.35. The van der Waals surface area contributed by atoms with Crippen molar-refractivity contribution in [3.8, 4) is 0 Å². The van der Waals surface area contributed by atoms with Crippen LogP contribution in [0.15, 0.2) is 12.3 Å². The van der Waals surface area contributed by atoms with Crippen LogP contribution < -0.4 is 4.90 Å². The molecule has 98 valence electrons. The summed E-state index contributed by atoms with van der Waals surface area (Å²) in [6, 6.07) is 1.41. The number of carboxylic acid groups (broad SMARTS) is 1. The van der Waals surface area contributed by atoms with Gasteiger partial charge in [0.05, 0.1) is 16.7 Å². The zero-order chi connectivity index (χ0) is 13.1. The molecule has 1 N–H and O–H groups in total. The number of halogens is 1. The van der Waals surface area contributed by atoms with E-state index in [0.29, 0.717) is 19.0 Å². The first-order chi connectivity index (χ1) is 8.59. The summed E-state index contributed by atoms with van der Waals surface area (Å²) >= 11 is 6.11. The normalized spacial score (nSPS) is 20.6. The van der Waals surface area contributed by atoms with Crippen LogP contribution in [0.2, 0.25) is 5.02 Å². The van der Waals surface area contributed by atoms with Gasteiger partial charge in [-0.2, -0.15) is 0 Å². The smallest absolute Gasteiger partial charge is 0.337 e. The minimum absolute atomic E-state index is 0.0823. The highest BCUT2D eigenvalue weighted by Gasteiger charge is 2.21. The number of carboxylic acids is 1. The molecule has 0 saturated carbocycles. The van der Waals surface area contributed by atoms with E-state index in [4.69, 9.17) is 21.4 Å². The number of pyridine rings is 1. The first kappa shape index (κ1) is 13.1. The summed E-state index contributed by atoms with van der Waals surface area (Å²) in [5.74, 6) is -0.517. The van der Waals surface area contributed by atoms with Crippen LogP contribution in [-0.2, 0) is 4.74 Å². The number of carbonyl (C=O) groups is 1. The lowest BCUT2D eigenvalue weighted by Crippen LogP contribution is -2.31. The minimum atomic E-state index is -1.04. The number of aromatic carboxylic acids is 1. The fraction of sp³-hybridized carbons (Fsp3) is 0.500. The minimum Gasteiger partial charge on any atom is -0.478 e. The molecule has 2 rings (SSSR count). The third kappa shape index (κ3) is 2.73. The number of hydrogen-bond donors (Lipinski definition) is 1. The Labute approximate surface area is 110 Å². The molecule has 0 aliphatic carbocycles. The molecule has 0 radical (unpaired) electrons. The Hall–Kier alpha value is -1.33. The maximum Gasteiger partial charge on any atom is 0.337 e. The van der Waals surface area contributed by atoms with Crippen LogP contribution in [0.25, 0.3) is 0 Å². The summed E-state index contributed by atoms with van der Waals surface area (Å²) < 4.78 is 5.54. The van der Waals surface area contributed by atoms with Gasteiger partial charge >= 0.3 is 5.97 Å². The summed E-state index contributed by atoms with van der Waals surface area (Å²) in [6.07, 6.45) is 2.43. The number of rotatable bonds is 2. The summed E-state index contributed by atoms with van der Waals surface area (Å²) in [5.41, 5.74) is 0.0829. The monoisotopic (exact) mass is 270 g/mol. The second kappa shape index (κ2) is 5.54. The molecule has 1 unspecified atom stereocenters. The van der Waals surface area contributed by atoms with Crippen molar-refractivity contribution < 1.29 is 14.6 Å². The van der Waals surface area contributed by atoms with E-state index in [2.05, 4.69) is 4.98 Å². The quantitative estimate of drug-likeness (QED) is 0.891. The van der Waals surface area contributed by atoms with Crippen LogP contribution in [0, 0.1) is 0 Å². The lowest BCUT2D eigenvalue weighted by atomic mass is 10.2. The van der Waals surface area contributed by atoms with Crippen molar-refractivity contribution in [2.45, 2.75) is 19.4 Å². The molecule has 1 fully saturated rings. The van der Waals surface area contributed by atoms with E-state index in [0.717, 1.165) is 13.0 Å². The number of hydrogen-bond acceptors (Lipinski definition) is 4. The van der Waals surface area contributed by atoms with Crippen molar-refractivity contribution in [3.63, 3.8) is 0 Å². The Morgan fingerprint density at radius 2 is 2.44 bits per heavy atom. The average molecular weight is 271 g/mol. The van der Waals surface area contributed by atoms with Crippen LogP contribution in [0.5, 0.6) is 0 Å². The number of nitrogens with zero attached hydrogens (tertiary/aromatic N) is 2. The molecule has 1 aliphatic heterocycles. The topological polar surface area (TPSA) is 62.7 Å². The van der Waals surface area contributed by atoms with Crippen LogP contribution in [-0.4, -0.2) is 41.9 Å². The van der Waals surface area contributed by atoms with Crippen LogP contribution >= 0.6 is 11.6 Å². The van der Waals surface area contributed by atoms with E-state index in [1.54, 1.807) is 0 Å². The fourth-order valence-corrected chi connectivity index (χ4v) is 2.32. The molecule has 1 saturated heterocycles. The third-order valence-electron chi connectivity index (χ3n) is 2.85. The van der Waals surface area contributed by atoms with Crippen molar-refractivity contribution in [2.24, 2.45) is 0 Å². The summed E-state index contributed by atoms with van der Waals surface area (Å²) in [4.78, 5) is 17.2. The molecule has 1 atom stereocenters. The van der Waals surface area contributed by atoms with Gasteiger partial charge < -0.3 is 14.7 Å². The summed E-state index contributed by atoms with van der Waals surface area (Å²) in [5, 5.41) is 9.23. The Balaban J connectivity index is 2.32. The molecule has 0 amide bonds. The maximum atomic E-state index is 11.0. The van der Waals surface area contributed by atoms with Gasteiger partial charge in [-0.3, -0.25) is 0 Å². The second-order valence-electron chi connectivity index (χ2n) is 4.28. The van der Waals surface area contributed by atoms with Crippen molar-refractivity contribution >= 4 is 23.4 Å². The van der Waals surface area contributed by atoms with Gasteiger partial charge in [0, 0.05) is 25.9 Å². The molecule has 1 aliphatic rings. The van der Waals surface area contributed by atoms with Crippen molar-refractivity contribution in [1.82, 2.24) is 4.98 Å². The van der Waals surface area contributed by atoms with Crippen molar-refractivity contribution in [2.75, 3.05) is 24.6 Å². The highest BCUT2D eigenvalue weighted by atomic mass is 35.5. The lowest BCUT2D eigenvalue weighted by molar-refractivity contribution is 0.0697. The zero-order valence-electron chi connectivity index (χ0n) is 10.1. The Morgan fingerprint density at radius 3 is 3.17 bits per heavy atom. The van der Waals surface area contributed by atoms with Gasteiger partial charge in [-0.05, 0) is 19.4 Å². The molecule has 0 bridgehead atoms. The second-order valence-corrected chi connectivity index (χ2v) is 4.66. The Morgan fingerprint density at radius 1 is 1.67 bits per heavy atom. The highest BCUT2D eigenvalue weighted by Crippen LogP contribution is 2.28. The van der Waals surface area contributed by atoms with Gasteiger partial charge in [0.2, 0.25) is 0 Å². The lowest BCUT2D eigenvalue weighted by Gasteiger charge is -2.24. The predicted octanol–water partition coefficient (Wildman–Crippen LogP) is 2.05. The van der Waals surface area contributed by atoms with Crippen LogP contribution in [0.4, 0.5) is 5.82 Å². The van der Waals surface area contributed by atoms with Gasteiger partial charge in [-0.15, -0.1) is 0 Å². The molecule has 18 heavy (non-hydrogen) atoms. The van der Waals surface area contributed by atoms with Gasteiger partial charge in [0.1, 0.15) is 5.82 Å². The largest absolute Gasteiger partial charge is 0.478 e.